The van der Waals surface area contributed by atoms with Crippen LogP contribution in [0, 0.1) is 11.6 Å². The van der Waals surface area contributed by atoms with E-state index in [-0.39, 0.29) is 11.3 Å². The Morgan fingerprint density at radius 3 is 2.55 bits per heavy atom. The summed E-state index contributed by atoms with van der Waals surface area (Å²) in [7, 11) is -1.63. The Labute approximate surface area is 121 Å². The molecule has 0 heterocycles. The standard InChI is InChI=1S/C14H9ClF2O2S/c15-9-2-1-3-11(6-9)20(19)8-14(18)12-5-4-10(16)7-13(12)17/h1-7H,8H2. The molecule has 2 nitrogen and oxygen atoms in total. The van der Waals surface area contributed by atoms with Gasteiger partial charge in [0.1, 0.15) is 11.6 Å². The third-order valence-electron chi connectivity index (χ3n) is 2.55. The van der Waals surface area contributed by atoms with Crippen LogP contribution in [0.3, 0.4) is 0 Å². The zero-order valence-corrected chi connectivity index (χ0v) is 11.7. The predicted molar refractivity (Wildman–Crippen MR) is 73.4 cm³/mol. The minimum atomic E-state index is -1.63. The molecule has 0 fully saturated rings. The summed E-state index contributed by atoms with van der Waals surface area (Å²) in [4.78, 5) is 12.2. The Balaban J connectivity index is 2.17. The highest BCUT2D eigenvalue weighted by Crippen LogP contribution is 2.16. The lowest BCUT2D eigenvalue weighted by Gasteiger charge is -2.04. The second-order valence-electron chi connectivity index (χ2n) is 3.99. The van der Waals surface area contributed by atoms with Gasteiger partial charge in [-0.15, -0.1) is 0 Å². The normalized spacial score (nSPS) is 12.2. The molecule has 2 rings (SSSR count). The highest BCUT2D eigenvalue weighted by Gasteiger charge is 2.16. The first-order valence-corrected chi connectivity index (χ1v) is 7.29. The molecule has 0 amide bonds. The molecule has 0 aliphatic heterocycles. The Hall–Kier alpha value is -1.59. The summed E-state index contributed by atoms with van der Waals surface area (Å²) in [6, 6.07) is 8.92. The van der Waals surface area contributed by atoms with Crippen molar-refractivity contribution < 1.29 is 17.8 Å². The first-order chi connectivity index (χ1) is 9.47. The largest absolute Gasteiger partial charge is 0.293 e. The number of halogens is 3. The van der Waals surface area contributed by atoms with Crippen LogP contribution >= 0.6 is 11.6 Å². The summed E-state index contributed by atoms with van der Waals surface area (Å²) in [5.41, 5.74) is -0.276. The number of benzene rings is 2. The smallest absolute Gasteiger partial charge is 0.178 e. The number of rotatable bonds is 4. The van der Waals surface area contributed by atoms with E-state index in [0.29, 0.717) is 16.0 Å². The average Bonchev–Trinajstić information content (AvgIpc) is 2.38. The Morgan fingerprint density at radius 2 is 1.90 bits per heavy atom. The van der Waals surface area contributed by atoms with Crippen molar-refractivity contribution in [3.63, 3.8) is 0 Å². The fourth-order valence-electron chi connectivity index (χ4n) is 1.60. The van der Waals surface area contributed by atoms with E-state index in [9.17, 15) is 17.8 Å². The molecule has 0 spiro atoms. The van der Waals surface area contributed by atoms with Crippen molar-refractivity contribution in [2.45, 2.75) is 4.90 Å². The lowest BCUT2D eigenvalue weighted by atomic mass is 10.1. The van der Waals surface area contributed by atoms with Crippen molar-refractivity contribution in [2.24, 2.45) is 0 Å². The molecule has 1 atom stereocenters. The number of carbonyl (C=O) groups excluding carboxylic acids is 1. The fourth-order valence-corrected chi connectivity index (χ4v) is 2.91. The molecule has 0 saturated heterocycles. The van der Waals surface area contributed by atoms with Crippen LogP contribution in [-0.4, -0.2) is 15.7 Å². The molecule has 104 valence electrons. The monoisotopic (exact) mass is 314 g/mol. The van der Waals surface area contributed by atoms with E-state index >= 15 is 0 Å². The van der Waals surface area contributed by atoms with Crippen LogP contribution in [0.5, 0.6) is 0 Å². The minimum Gasteiger partial charge on any atom is -0.293 e. The van der Waals surface area contributed by atoms with E-state index in [1.165, 1.54) is 6.07 Å². The van der Waals surface area contributed by atoms with Crippen molar-refractivity contribution >= 4 is 28.2 Å². The number of hydrogen-bond acceptors (Lipinski definition) is 2. The molecule has 20 heavy (non-hydrogen) atoms. The summed E-state index contributed by atoms with van der Waals surface area (Å²) in [5, 5.41) is 0.399. The molecule has 0 aliphatic rings. The van der Waals surface area contributed by atoms with Gasteiger partial charge in [-0.05, 0) is 30.3 Å². The third-order valence-corrected chi connectivity index (χ3v) is 4.09. The minimum absolute atomic E-state index is 0.276. The van der Waals surface area contributed by atoms with Gasteiger partial charge in [0.05, 0.1) is 22.1 Å². The maximum absolute atomic E-state index is 13.4. The number of hydrogen-bond donors (Lipinski definition) is 0. The second-order valence-corrected chi connectivity index (χ2v) is 5.88. The highest BCUT2D eigenvalue weighted by molar-refractivity contribution is 7.85. The van der Waals surface area contributed by atoms with Gasteiger partial charge < -0.3 is 0 Å². The zero-order valence-electron chi connectivity index (χ0n) is 10.1. The molecular weight excluding hydrogens is 306 g/mol. The van der Waals surface area contributed by atoms with E-state index in [1.54, 1.807) is 18.2 Å². The number of Topliss-reactive ketones (excluding diaryl/α,β-unsaturated/α-hetero) is 1. The van der Waals surface area contributed by atoms with Crippen molar-refractivity contribution in [2.75, 3.05) is 5.75 Å². The summed E-state index contributed by atoms with van der Waals surface area (Å²) >= 11 is 5.76. The molecule has 2 aromatic carbocycles. The molecule has 0 saturated carbocycles. The van der Waals surface area contributed by atoms with Crippen molar-refractivity contribution in [1.82, 2.24) is 0 Å². The number of ketones is 1. The van der Waals surface area contributed by atoms with Crippen LogP contribution in [0.25, 0.3) is 0 Å². The summed E-state index contributed by atoms with van der Waals surface area (Å²) in [6.07, 6.45) is 0. The maximum Gasteiger partial charge on any atom is 0.178 e. The van der Waals surface area contributed by atoms with Crippen LogP contribution in [0.15, 0.2) is 47.4 Å². The molecule has 0 bridgehead atoms. The first-order valence-electron chi connectivity index (χ1n) is 5.59. The van der Waals surface area contributed by atoms with Crippen LogP contribution < -0.4 is 0 Å². The highest BCUT2D eigenvalue weighted by atomic mass is 35.5. The molecular formula is C14H9ClF2O2S. The van der Waals surface area contributed by atoms with E-state index in [2.05, 4.69) is 0 Å². The Bertz CT molecular complexity index is 689. The van der Waals surface area contributed by atoms with Gasteiger partial charge in [0.15, 0.2) is 5.78 Å². The molecule has 0 aliphatic carbocycles. The van der Waals surface area contributed by atoms with E-state index in [1.807, 2.05) is 0 Å². The zero-order chi connectivity index (χ0) is 14.7. The van der Waals surface area contributed by atoms with Crippen LogP contribution in [0.2, 0.25) is 5.02 Å². The van der Waals surface area contributed by atoms with E-state index in [4.69, 9.17) is 11.6 Å². The third kappa shape index (κ3) is 3.49. The molecule has 6 heteroatoms. The predicted octanol–water partition coefficient (Wildman–Crippen LogP) is 3.61. The van der Waals surface area contributed by atoms with Crippen LogP contribution in [0.4, 0.5) is 8.78 Å². The molecule has 0 aromatic heterocycles. The van der Waals surface area contributed by atoms with Crippen LogP contribution in [0.1, 0.15) is 10.4 Å². The summed E-state index contributed by atoms with van der Waals surface area (Å²) in [5.74, 6) is -2.77. The molecule has 1 unspecified atom stereocenters. The van der Waals surface area contributed by atoms with Gasteiger partial charge in [0.25, 0.3) is 0 Å². The van der Waals surface area contributed by atoms with Gasteiger partial charge in [0.2, 0.25) is 0 Å². The molecule has 2 aromatic rings. The molecule has 0 N–H and O–H groups in total. The summed E-state index contributed by atoms with van der Waals surface area (Å²) < 4.78 is 38.2. The average molecular weight is 315 g/mol. The van der Waals surface area contributed by atoms with Gasteiger partial charge in [-0.25, -0.2) is 8.78 Å². The fraction of sp³-hybridized carbons (Fsp3) is 0.0714. The lowest BCUT2D eigenvalue weighted by Crippen LogP contribution is -2.13. The number of carbonyl (C=O) groups is 1. The maximum atomic E-state index is 13.4. The molecule has 0 radical (unpaired) electrons. The SMILES string of the molecule is O=C(CS(=O)c1cccc(Cl)c1)c1ccc(F)cc1F. The van der Waals surface area contributed by atoms with E-state index in [0.717, 1.165) is 12.1 Å². The first kappa shape index (κ1) is 14.8. The van der Waals surface area contributed by atoms with Crippen molar-refractivity contribution in [3.05, 3.63) is 64.7 Å². The van der Waals surface area contributed by atoms with Gasteiger partial charge in [-0.2, -0.15) is 0 Å². The van der Waals surface area contributed by atoms with Crippen molar-refractivity contribution in [3.8, 4) is 0 Å². The van der Waals surface area contributed by atoms with Gasteiger partial charge in [-0.1, -0.05) is 17.7 Å². The Morgan fingerprint density at radius 1 is 1.15 bits per heavy atom. The van der Waals surface area contributed by atoms with Crippen molar-refractivity contribution in [1.29, 1.82) is 0 Å². The summed E-state index contributed by atoms with van der Waals surface area (Å²) in [6.45, 7) is 0. The van der Waals surface area contributed by atoms with Gasteiger partial charge in [-0.3, -0.25) is 9.00 Å². The quantitative estimate of drug-likeness (QED) is 0.808. The van der Waals surface area contributed by atoms with Gasteiger partial charge in [0, 0.05) is 16.0 Å². The van der Waals surface area contributed by atoms with Crippen LogP contribution in [-0.2, 0) is 10.8 Å². The topological polar surface area (TPSA) is 34.1 Å². The second kappa shape index (κ2) is 6.24. The lowest BCUT2D eigenvalue weighted by molar-refractivity contribution is 0.101. The Kier molecular flexibility index (Phi) is 4.62. The van der Waals surface area contributed by atoms with E-state index < -0.39 is 28.2 Å². The van der Waals surface area contributed by atoms with Gasteiger partial charge >= 0.3 is 0 Å².